The molecule has 398 valence electrons. The fraction of sp³-hybridized carbons (Fsp3) is 0.750. The topological polar surface area (TPSA) is 108 Å². The van der Waals surface area contributed by atoms with Crippen molar-refractivity contribution in [2.45, 2.75) is 245 Å². The minimum Gasteiger partial charge on any atom is -0.477 e. The SMILES string of the molecule is CC/C=C\C/C=C\C/C=C\C/C=C\CCCCCCCCCCCCCCC(=O)OC(COC(=O)CCCCCCCCCCC/C=C\C/C=C\CCCCC)COC(OCC[N+](C)(C)C)C(=O)O. The van der Waals surface area contributed by atoms with Gasteiger partial charge in [-0.1, -0.05) is 209 Å². The predicted molar refractivity (Wildman–Crippen MR) is 290 cm³/mol. The first-order valence-corrected chi connectivity index (χ1v) is 28.1. The number of unbranched alkanes of at least 4 members (excludes halogenated alkanes) is 24. The molecule has 0 saturated carbocycles. The van der Waals surface area contributed by atoms with E-state index >= 15 is 0 Å². The molecule has 9 heteroatoms. The molecule has 0 aromatic rings. The average Bonchev–Trinajstić information content (AvgIpc) is 3.31. The van der Waals surface area contributed by atoms with Crippen LogP contribution in [-0.2, 0) is 33.3 Å². The van der Waals surface area contributed by atoms with Crippen LogP contribution in [0.5, 0.6) is 0 Å². The number of carbonyl (C=O) groups is 3. The summed E-state index contributed by atoms with van der Waals surface area (Å²) in [4.78, 5) is 37.4. The molecule has 0 aromatic heterocycles. The summed E-state index contributed by atoms with van der Waals surface area (Å²) in [5.41, 5.74) is 0. The molecule has 2 unspecified atom stereocenters. The van der Waals surface area contributed by atoms with Crippen LogP contribution in [0.2, 0.25) is 0 Å². The third-order valence-corrected chi connectivity index (χ3v) is 11.9. The second kappa shape index (κ2) is 51.1. The Labute approximate surface area is 424 Å². The molecule has 69 heavy (non-hydrogen) atoms. The van der Waals surface area contributed by atoms with Gasteiger partial charge in [0.1, 0.15) is 13.2 Å². The first-order chi connectivity index (χ1) is 33.6. The minimum atomic E-state index is -1.51. The van der Waals surface area contributed by atoms with Crippen LogP contribution in [0.15, 0.2) is 72.9 Å². The number of rotatable bonds is 51. The third-order valence-electron chi connectivity index (χ3n) is 11.9. The highest BCUT2D eigenvalue weighted by atomic mass is 16.7. The fourth-order valence-corrected chi connectivity index (χ4v) is 7.62. The van der Waals surface area contributed by atoms with Crippen molar-refractivity contribution in [3.05, 3.63) is 72.9 Å². The molecule has 0 aliphatic heterocycles. The summed E-state index contributed by atoms with van der Waals surface area (Å²) in [6, 6.07) is 0. The Bertz CT molecular complexity index is 1360. The lowest BCUT2D eigenvalue weighted by atomic mass is 10.0. The molecule has 0 bridgehead atoms. The van der Waals surface area contributed by atoms with Gasteiger partial charge in [0.25, 0.3) is 6.29 Å². The maximum absolute atomic E-state index is 12.9. The van der Waals surface area contributed by atoms with Crippen LogP contribution in [0.1, 0.15) is 232 Å². The molecule has 0 rings (SSSR count). The Morgan fingerprint density at radius 3 is 1.23 bits per heavy atom. The van der Waals surface area contributed by atoms with Crippen molar-refractivity contribution >= 4 is 17.9 Å². The number of aliphatic carboxylic acids is 1. The van der Waals surface area contributed by atoms with E-state index < -0.39 is 24.3 Å². The molecule has 9 nitrogen and oxygen atoms in total. The van der Waals surface area contributed by atoms with E-state index in [0.29, 0.717) is 23.9 Å². The van der Waals surface area contributed by atoms with Crippen LogP contribution in [0, 0.1) is 0 Å². The van der Waals surface area contributed by atoms with Crippen LogP contribution >= 0.6 is 0 Å². The van der Waals surface area contributed by atoms with Crippen molar-refractivity contribution in [2.75, 3.05) is 47.5 Å². The molecule has 0 heterocycles. The van der Waals surface area contributed by atoms with E-state index in [2.05, 4.69) is 86.8 Å². The number of carbonyl (C=O) groups excluding carboxylic acids is 2. The number of quaternary nitrogens is 1. The number of nitrogens with zero attached hydrogens (tertiary/aromatic N) is 1. The summed E-state index contributed by atoms with van der Waals surface area (Å²) in [6.07, 6.45) is 62.5. The van der Waals surface area contributed by atoms with Gasteiger partial charge in [-0.05, 0) is 83.5 Å². The number of hydrogen-bond donors (Lipinski definition) is 1. The van der Waals surface area contributed by atoms with E-state index in [1.165, 1.54) is 128 Å². The van der Waals surface area contributed by atoms with Gasteiger partial charge in [-0.3, -0.25) is 9.59 Å². The smallest absolute Gasteiger partial charge is 0.361 e. The highest BCUT2D eigenvalue weighted by Crippen LogP contribution is 2.16. The van der Waals surface area contributed by atoms with Gasteiger partial charge in [-0.15, -0.1) is 0 Å². The molecular formula is C60H106NO8+. The van der Waals surface area contributed by atoms with E-state index in [1.807, 2.05) is 21.1 Å². The number of carboxylic acid groups (broad SMARTS) is 1. The normalized spacial score (nSPS) is 13.3. The van der Waals surface area contributed by atoms with Crippen LogP contribution in [0.4, 0.5) is 0 Å². The molecule has 0 aliphatic carbocycles. The van der Waals surface area contributed by atoms with Crippen molar-refractivity contribution < 1.29 is 42.9 Å². The molecule has 1 N–H and O–H groups in total. The van der Waals surface area contributed by atoms with Crippen LogP contribution in [0.25, 0.3) is 0 Å². The first-order valence-electron chi connectivity index (χ1n) is 28.1. The zero-order valence-electron chi connectivity index (χ0n) is 45.2. The molecule has 0 spiro atoms. The van der Waals surface area contributed by atoms with Crippen molar-refractivity contribution in [1.29, 1.82) is 0 Å². The molecule has 2 atom stereocenters. The lowest BCUT2D eigenvalue weighted by Crippen LogP contribution is -2.40. The monoisotopic (exact) mass is 969 g/mol. The number of allylic oxidation sites excluding steroid dienone is 12. The third kappa shape index (κ3) is 52.4. The van der Waals surface area contributed by atoms with Crippen molar-refractivity contribution in [2.24, 2.45) is 0 Å². The van der Waals surface area contributed by atoms with Crippen LogP contribution < -0.4 is 0 Å². The van der Waals surface area contributed by atoms with Crippen molar-refractivity contribution in [3.63, 3.8) is 0 Å². The molecule has 0 radical (unpaired) electrons. The zero-order valence-corrected chi connectivity index (χ0v) is 45.2. The average molecular weight is 970 g/mol. The van der Waals surface area contributed by atoms with E-state index in [4.69, 9.17) is 18.9 Å². The number of carboxylic acids is 1. The van der Waals surface area contributed by atoms with Gasteiger partial charge in [-0.2, -0.15) is 0 Å². The van der Waals surface area contributed by atoms with Gasteiger partial charge >= 0.3 is 17.9 Å². The number of ether oxygens (including phenoxy) is 4. The van der Waals surface area contributed by atoms with E-state index in [9.17, 15) is 19.5 Å². The largest absolute Gasteiger partial charge is 0.477 e. The maximum Gasteiger partial charge on any atom is 0.361 e. The quantitative estimate of drug-likeness (QED) is 0.0211. The summed E-state index contributed by atoms with van der Waals surface area (Å²) in [7, 11) is 5.96. The van der Waals surface area contributed by atoms with Crippen molar-refractivity contribution in [3.8, 4) is 0 Å². The Hall–Kier alpha value is -3.27. The van der Waals surface area contributed by atoms with Gasteiger partial charge < -0.3 is 28.5 Å². The Morgan fingerprint density at radius 1 is 0.449 bits per heavy atom. The molecule has 0 amide bonds. The zero-order chi connectivity index (χ0) is 50.6. The van der Waals surface area contributed by atoms with Crippen LogP contribution in [-0.4, -0.2) is 87.4 Å². The summed E-state index contributed by atoms with van der Waals surface area (Å²) < 4.78 is 22.9. The number of likely N-dealkylation sites (N-methyl/N-ethyl adjacent to an activating group) is 1. The Kier molecular flexibility index (Phi) is 48.7. The Morgan fingerprint density at radius 2 is 0.826 bits per heavy atom. The minimum absolute atomic E-state index is 0.184. The highest BCUT2D eigenvalue weighted by molar-refractivity contribution is 5.71. The summed E-state index contributed by atoms with van der Waals surface area (Å²) in [5.74, 6) is -2.01. The van der Waals surface area contributed by atoms with Gasteiger partial charge in [0, 0.05) is 12.8 Å². The maximum atomic E-state index is 12.9. The number of esters is 2. The van der Waals surface area contributed by atoms with Gasteiger partial charge in [0.05, 0.1) is 34.4 Å². The van der Waals surface area contributed by atoms with Crippen molar-refractivity contribution in [1.82, 2.24) is 0 Å². The first kappa shape index (κ1) is 65.7. The predicted octanol–water partition coefficient (Wildman–Crippen LogP) is 16.2. The molecule has 0 aromatic carbocycles. The molecule has 0 saturated heterocycles. The highest BCUT2D eigenvalue weighted by Gasteiger charge is 2.25. The van der Waals surface area contributed by atoms with E-state index in [1.54, 1.807) is 0 Å². The lowest BCUT2D eigenvalue weighted by molar-refractivity contribution is -0.870. The van der Waals surface area contributed by atoms with Crippen LogP contribution in [0.3, 0.4) is 0 Å². The lowest BCUT2D eigenvalue weighted by Gasteiger charge is -2.25. The van der Waals surface area contributed by atoms with E-state index in [0.717, 1.165) is 70.6 Å². The Balaban J connectivity index is 4.27. The summed E-state index contributed by atoms with van der Waals surface area (Å²) in [6.45, 7) is 4.74. The van der Waals surface area contributed by atoms with Gasteiger partial charge in [0.2, 0.25) is 0 Å². The number of hydrogen-bond acceptors (Lipinski definition) is 7. The summed E-state index contributed by atoms with van der Waals surface area (Å²) in [5, 5.41) is 9.70. The van der Waals surface area contributed by atoms with Gasteiger partial charge in [-0.25, -0.2) is 4.79 Å². The molecule has 0 fully saturated rings. The van der Waals surface area contributed by atoms with Gasteiger partial charge in [0.15, 0.2) is 6.10 Å². The standard InChI is InChI=1S/C60H105NO8/c1-6-8-10-12-14-16-18-20-22-24-26-27-28-29-30-31-33-35-37-39-41-43-45-47-49-51-58(63)69-56(55-68-60(59(64)65)66-53-52-61(3,4)5)54-67-57(62)50-48-46-44-42-40-38-36-34-32-25-23-21-19-17-15-13-11-9-7-2/h8,10,14-17,20-23,26-27,56,60H,6-7,9,11-13,18-19,24-25,28-55H2,1-5H3/p+1/b10-8-,16-14-,17-15-,22-20-,23-21-,27-26-. The second-order valence-electron chi connectivity index (χ2n) is 19.9. The fourth-order valence-electron chi connectivity index (χ4n) is 7.62. The molecule has 0 aliphatic rings. The molecular weight excluding hydrogens is 863 g/mol. The summed E-state index contributed by atoms with van der Waals surface area (Å²) >= 11 is 0. The van der Waals surface area contributed by atoms with E-state index in [-0.39, 0.29) is 32.2 Å². The second-order valence-corrected chi connectivity index (χ2v) is 19.9.